The lowest BCUT2D eigenvalue weighted by molar-refractivity contribution is 0.206. The van der Waals surface area contributed by atoms with Crippen LogP contribution in [0.1, 0.15) is 11.1 Å². The molecule has 2 heterocycles. The molecule has 0 bridgehead atoms. The summed E-state index contributed by atoms with van der Waals surface area (Å²) in [4.78, 5) is 22.4. The fourth-order valence-electron chi connectivity index (χ4n) is 2.73. The Bertz CT molecular complexity index is 927. The number of aromatic nitrogens is 3. The quantitative estimate of drug-likeness (QED) is 0.680. The van der Waals surface area contributed by atoms with E-state index >= 15 is 0 Å². The number of urea groups is 1. The Hall–Kier alpha value is -3.55. The minimum absolute atomic E-state index is 0.182. The predicted octanol–water partition coefficient (Wildman–Crippen LogP) is 2.63. The minimum atomic E-state index is -0.182. The average Bonchev–Trinajstić information content (AvgIpc) is 3.27. The van der Waals surface area contributed by atoms with E-state index in [1.807, 2.05) is 35.0 Å². The summed E-state index contributed by atoms with van der Waals surface area (Å²) in [5.41, 5.74) is 1.84. The van der Waals surface area contributed by atoms with Crippen LogP contribution in [-0.2, 0) is 13.1 Å². The number of pyridine rings is 1. The van der Waals surface area contributed by atoms with Gasteiger partial charge in [-0.2, -0.15) is 0 Å². The van der Waals surface area contributed by atoms with Gasteiger partial charge in [-0.1, -0.05) is 0 Å². The number of imidazole rings is 1. The van der Waals surface area contributed by atoms with Crippen molar-refractivity contribution in [1.82, 2.24) is 24.8 Å². The summed E-state index contributed by atoms with van der Waals surface area (Å²) in [6, 6.07) is 9.14. The van der Waals surface area contributed by atoms with Crippen molar-refractivity contribution < 1.29 is 14.3 Å². The number of benzene rings is 1. The molecule has 8 heteroatoms. The van der Waals surface area contributed by atoms with E-state index in [-0.39, 0.29) is 6.03 Å². The lowest BCUT2D eigenvalue weighted by atomic mass is 10.2. The highest BCUT2D eigenvalue weighted by atomic mass is 16.5. The highest BCUT2D eigenvalue weighted by molar-refractivity contribution is 5.74. The number of methoxy groups -OCH3 is 2. The van der Waals surface area contributed by atoms with E-state index in [1.54, 1.807) is 51.0 Å². The van der Waals surface area contributed by atoms with Gasteiger partial charge in [0.05, 0.1) is 20.8 Å². The molecule has 0 aliphatic heterocycles. The first kappa shape index (κ1) is 19.2. The molecule has 146 valence electrons. The van der Waals surface area contributed by atoms with Crippen LogP contribution in [-0.4, -0.2) is 46.7 Å². The van der Waals surface area contributed by atoms with E-state index in [0.29, 0.717) is 24.6 Å². The molecule has 8 nitrogen and oxygen atoms in total. The van der Waals surface area contributed by atoms with Crippen LogP contribution in [0.3, 0.4) is 0 Å². The topological polar surface area (TPSA) is 81.5 Å². The molecule has 28 heavy (non-hydrogen) atoms. The molecule has 0 fully saturated rings. The normalized spacial score (nSPS) is 10.4. The molecule has 2 aromatic heterocycles. The van der Waals surface area contributed by atoms with Crippen LogP contribution in [0.2, 0.25) is 0 Å². The number of carbonyl (C=O) groups excluding carboxylic acids is 1. The monoisotopic (exact) mass is 381 g/mol. The van der Waals surface area contributed by atoms with Gasteiger partial charge in [-0.3, -0.25) is 4.57 Å². The van der Waals surface area contributed by atoms with Crippen molar-refractivity contribution in [3.05, 3.63) is 66.4 Å². The third-order valence-electron chi connectivity index (χ3n) is 4.27. The first-order chi connectivity index (χ1) is 13.6. The van der Waals surface area contributed by atoms with Crippen LogP contribution in [0, 0.1) is 0 Å². The van der Waals surface area contributed by atoms with Crippen LogP contribution in [0.15, 0.2) is 55.2 Å². The van der Waals surface area contributed by atoms with Crippen LogP contribution >= 0.6 is 0 Å². The Morgan fingerprint density at radius 1 is 1.18 bits per heavy atom. The van der Waals surface area contributed by atoms with Gasteiger partial charge < -0.3 is 19.7 Å². The molecule has 0 radical (unpaired) electrons. The third kappa shape index (κ3) is 4.59. The summed E-state index contributed by atoms with van der Waals surface area (Å²) in [5, 5.41) is 2.92. The molecule has 0 unspecified atom stereocenters. The van der Waals surface area contributed by atoms with Crippen molar-refractivity contribution in [2.45, 2.75) is 13.1 Å². The van der Waals surface area contributed by atoms with Crippen molar-refractivity contribution in [3.63, 3.8) is 0 Å². The van der Waals surface area contributed by atoms with Gasteiger partial charge in [0.15, 0.2) is 0 Å². The molecular formula is C20H23N5O3. The van der Waals surface area contributed by atoms with Crippen LogP contribution in [0.25, 0.3) is 5.82 Å². The number of nitrogens with zero attached hydrogens (tertiary/aromatic N) is 4. The van der Waals surface area contributed by atoms with E-state index in [4.69, 9.17) is 9.47 Å². The van der Waals surface area contributed by atoms with E-state index in [2.05, 4.69) is 15.3 Å². The molecule has 2 amide bonds. The molecule has 3 aromatic rings. The zero-order chi connectivity index (χ0) is 19.9. The Balaban J connectivity index is 1.60. The molecule has 0 spiro atoms. The summed E-state index contributed by atoms with van der Waals surface area (Å²) in [5.74, 6) is 2.14. The fourth-order valence-corrected chi connectivity index (χ4v) is 2.73. The Morgan fingerprint density at radius 3 is 2.75 bits per heavy atom. The first-order valence-electron chi connectivity index (χ1n) is 8.74. The van der Waals surface area contributed by atoms with Crippen molar-refractivity contribution in [1.29, 1.82) is 0 Å². The maximum atomic E-state index is 12.5. The van der Waals surface area contributed by atoms with Crippen LogP contribution < -0.4 is 14.8 Å². The number of carbonyl (C=O) groups is 1. The van der Waals surface area contributed by atoms with Gasteiger partial charge in [-0.05, 0) is 29.8 Å². The number of ether oxygens (including phenoxy) is 2. The summed E-state index contributed by atoms with van der Waals surface area (Å²) in [6.45, 7) is 0.808. The highest BCUT2D eigenvalue weighted by Gasteiger charge is 2.13. The molecule has 0 aliphatic carbocycles. The van der Waals surface area contributed by atoms with Crippen molar-refractivity contribution in [2.24, 2.45) is 0 Å². The van der Waals surface area contributed by atoms with Gasteiger partial charge in [0.1, 0.15) is 23.6 Å². The average molecular weight is 381 g/mol. The van der Waals surface area contributed by atoms with E-state index < -0.39 is 0 Å². The van der Waals surface area contributed by atoms with Crippen molar-refractivity contribution in [3.8, 4) is 17.3 Å². The van der Waals surface area contributed by atoms with Gasteiger partial charge in [0.25, 0.3) is 0 Å². The molecule has 0 aliphatic rings. The Labute approximate surface area is 163 Å². The minimum Gasteiger partial charge on any atom is -0.497 e. The fraction of sp³-hybridized carbons (Fsp3) is 0.250. The van der Waals surface area contributed by atoms with Gasteiger partial charge in [0, 0.05) is 43.8 Å². The van der Waals surface area contributed by atoms with Gasteiger partial charge in [-0.25, -0.2) is 14.8 Å². The molecule has 0 atom stereocenters. The lowest BCUT2D eigenvalue weighted by Gasteiger charge is -2.20. The van der Waals surface area contributed by atoms with Crippen molar-refractivity contribution in [2.75, 3.05) is 21.3 Å². The van der Waals surface area contributed by atoms with Gasteiger partial charge >= 0.3 is 6.03 Å². The molecule has 0 saturated carbocycles. The summed E-state index contributed by atoms with van der Waals surface area (Å²) in [7, 11) is 4.94. The Kier molecular flexibility index (Phi) is 6.11. The van der Waals surface area contributed by atoms with Gasteiger partial charge in [0.2, 0.25) is 0 Å². The summed E-state index contributed by atoms with van der Waals surface area (Å²) >= 11 is 0. The molecule has 3 rings (SSSR count). The standard InChI is InChI=1S/C20H23N5O3/c1-24(13-16-4-5-17(27-2)11-18(16)28-3)20(26)23-12-15-6-7-22-19(10-15)25-9-8-21-14-25/h4-11,14H,12-13H2,1-3H3,(H,23,26). The van der Waals surface area contributed by atoms with Crippen LogP contribution in [0.4, 0.5) is 4.79 Å². The second kappa shape index (κ2) is 8.90. The first-order valence-corrected chi connectivity index (χ1v) is 8.74. The Morgan fingerprint density at radius 2 is 2.04 bits per heavy atom. The van der Waals surface area contributed by atoms with E-state index in [9.17, 15) is 4.79 Å². The largest absolute Gasteiger partial charge is 0.497 e. The van der Waals surface area contributed by atoms with E-state index in [0.717, 1.165) is 16.9 Å². The second-order valence-corrected chi connectivity index (χ2v) is 6.18. The predicted molar refractivity (Wildman–Crippen MR) is 105 cm³/mol. The van der Waals surface area contributed by atoms with Crippen LogP contribution in [0.5, 0.6) is 11.5 Å². The molecule has 1 aromatic carbocycles. The number of hydrogen-bond acceptors (Lipinski definition) is 5. The zero-order valence-corrected chi connectivity index (χ0v) is 16.1. The van der Waals surface area contributed by atoms with Crippen molar-refractivity contribution >= 4 is 6.03 Å². The number of rotatable bonds is 7. The third-order valence-corrected chi connectivity index (χ3v) is 4.27. The smallest absolute Gasteiger partial charge is 0.317 e. The molecule has 0 saturated heterocycles. The van der Waals surface area contributed by atoms with Gasteiger partial charge in [-0.15, -0.1) is 0 Å². The van der Waals surface area contributed by atoms with E-state index in [1.165, 1.54) is 0 Å². The lowest BCUT2D eigenvalue weighted by Crippen LogP contribution is -2.36. The number of amides is 2. The molecular weight excluding hydrogens is 358 g/mol. The maximum Gasteiger partial charge on any atom is 0.317 e. The summed E-state index contributed by atoms with van der Waals surface area (Å²) in [6.07, 6.45) is 6.91. The second-order valence-electron chi connectivity index (χ2n) is 6.18. The SMILES string of the molecule is COc1ccc(CN(C)C(=O)NCc2ccnc(-n3ccnc3)c2)c(OC)c1. The highest BCUT2D eigenvalue weighted by Crippen LogP contribution is 2.25. The summed E-state index contributed by atoms with van der Waals surface area (Å²) < 4.78 is 12.4. The molecule has 1 N–H and O–H groups in total. The number of nitrogens with one attached hydrogen (secondary N) is 1. The zero-order valence-electron chi connectivity index (χ0n) is 16.1. The maximum absolute atomic E-state index is 12.5. The number of hydrogen-bond donors (Lipinski definition) is 1.